The molecule has 3 rings (SSSR count). The molecule has 0 fully saturated rings. The van der Waals surface area contributed by atoms with Crippen molar-refractivity contribution >= 4 is 11.0 Å². The van der Waals surface area contributed by atoms with E-state index in [4.69, 9.17) is 28.1 Å². The van der Waals surface area contributed by atoms with Gasteiger partial charge in [-0.3, -0.25) is 4.79 Å². The van der Waals surface area contributed by atoms with Crippen molar-refractivity contribution in [1.29, 1.82) is 0 Å². The van der Waals surface area contributed by atoms with Gasteiger partial charge in [0, 0.05) is 23.3 Å². The molecule has 0 bridgehead atoms. The van der Waals surface area contributed by atoms with E-state index in [2.05, 4.69) is 0 Å². The summed E-state index contributed by atoms with van der Waals surface area (Å²) in [7, 11) is 7.67. The van der Waals surface area contributed by atoms with E-state index in [0.717, 1.165) is 5.56 Å². The van der Waals surface area contributed by atoms with E-state index in [1.807, 2.05) is 6.92 Å². The van der Waals surface area contributed by atoms with Crippen LogP contribution in [0.5, 0.6) is 28.7 Å². The molecular formula is C22H24O7. The van der Waals surface area contributed by atoms with E-state index >= 15 is 0 Å². The molecule has 0 spiro atoms. The molecule has 0 atom stereocenters. The van der Waals surface area contributed by atoms with Gasteiger partial charge in [-0.15, -0.1) is 0 Å². The van der Waals surface area contributed by atoms with Crippen molar-refractivity contribution in [2.75, 3.05) is 35.5 Å². The van der Waals surface area contributed by atoms with Crippen molar-refractivity contribution in [2.45, 2.75) is 13.3 Å². The molecule has 1 aromatic heterocycles. The summed E-state index contributed by atoms with van der Waals surface area (Å²) in [6.07, 6.45) is 0.616. The highest BCUT2D eigenvalue weighted by Gasteiger charge is 2.21. The molecule has 0 saturated carbocycles. The molecule has 0 aliphatic carbocycles. The van der Waals surface area contributed by atoms with Crippen molar-refractivity contribution < 1.29 is 28.1 Å². The summed E-state index contributed by atoms with van der Waals surface area (Å²) in [6.45, 7) is 1.97. The van der Waals surface area contributed by atoms with Gasteiger partial charge < -0.3 is 28.1 Å². The van der Waals surface area contributed by atoms with Crippen LogP contribution in [0, 0.1) is 0 Å². The number of methoxy groups -OCH3 is 5. The first kappa shape index (κ1) is 20.4. The van der Waals surface area contributed by atoms with Crippen LogP contribution >= 0.6 is 0 Å². The Morgan fingerprint density at radius 2 is 1.34 bits per heavy atom. The van der Waals surface area contributed by atoms with E-state index in [1.165, 1.54) is 34.5 Å². The topological polar surface area (TPSA) is 76.4 Å². The van der Waals surface area contributed by atoms with Crippen LogP contribution in [-0.2, 0) is 6.42 Å². The number of hydrogen-bond donors (Lipinski definition) is 0. The quantitative estimate of drug-likeness (QED) is 0.592. The van der Waals surface area contributed by atoms with Crippen molar-refractivity contribution in [3.05, 3.63) is 40.1 Å². The first-order valence-electron chi connectivity index (χ1n) is 9.04. The Labute approximate surface area is 168 Å². The maximum atomic E-state index is 13.0. The maximum absolute atomic E-state index is 13.0. The fourth-order valence-electron chi connectivity index (χ4n) is 3.37. The molecule has 0 radical (unpaired) electrons. The van der Waals surface area contributed by atoms with Crippen LogP contribution in [0.1, 0.15) is 12.5 Å². The molecule has 0 N–H and O–H groups in total. The zero-order valence-electron chi connectivity index (χ0n) is 17.4. The van der Waals surface area contributed by atoms with Crippen molar-refractivity contribution in [1.82, 2.24) is 0 Å². The van der Waals surface area contributed by atoms with Crippen molar-refractivity contribution in [3.63, 3.8) is 0 Å². The summed E-state index contributed by atoms with van der Waals surface area (Å²) in [6, 6.07) is 6.59. The predicted molar refractivity (Wildman–Crippen MR) is 110 cm³/mol. The normalized spacial score (nSPS) is 10.7. The summed E-state index contributed by atoms with van der Waals surface area (Å²) < 4.78 is 33.3. The molecule has 0 aliphatic heterocycles. The molecule has 3 aromatic rings. The lowest BCUT2D eigenvalue weighted by Crippen LogP contribution is -2.06. The number of ether oxygens (including phenoxy) is 5. The Morgan fingerprint density at radius 3 is 1.83 bits per heavy atom. The van der Waals surface area contributed by atoms with Crippen LogP contribution in [-0.4, -0.2) is 35.5 Å². The van der Waals surface area contributed by atoms with Gasteiger partial charge in [0.15, 0.2) is 16.9 Å². The summed E-state index contributed by atoms with van der Waals surface area (Å²) in [5.41, 5.74) is 1.61. The van der Waals surface area contributed by atoms with Gasteiger partial charge in [0.1, 0.15) is 28.2 Å². The zero-order valence-corrected chi connectivity index (χ0v) is 17.4. The minimum Gasteiger partial charge on any atom is -0.496 e. The maximum Gasteiger partial charge on any atom is 0.203 e. The third kappa shape index (κ3) is 3.44. The summed E-state index contributed by atoms with van der Waals surface area (Å²) in [5.74, 6) is 2.75. The Bertz CT molecular complexity index is 1070. The van der Waals surface area contributed by atoms with Crippen LogP contribution in [0.15, 0.2) is 33.5 Å². The zero-order chi connectivity index (χ0) is 21.1. The molecular weight excluding hydrogens is 376 g/mol. The monoisotopic (exact) mass is 400 g/mol. The Balaban J connectivity index is 2.36. The fraction of sp³-hybridized carbons (Fsp3) is 0.318. The van der Waals surface area contributed by atoms with E-state index in [1.54, 1.807) is 25.3 Å². The molecule has 0 amide bonds. The lowest BCUT2D eigenvalue weighted by Gasteiger charge is -2.16. The number of rotatable bonds is 7. The van der Waals surface area contributed by atoms with Crippen LogP contribution in [0.4, 0.5) is 0 Å². The average Bonchev–Trinajstić information content (AvgIpc) is 2.76. The smallest absolute Gasteiger partial charge is 0.203 e. The second-order valence-corrected chi connectivity index (χ2v) is 6.21. The second-order valence-electron chi connectivity index (χ2n) is 6.21. The third-order valence-electron chi connectivity index (χ3n) is 4.77. The summed E-state index contributed by atoms with van der Waals surface area (Å²) >= 11 is 0. The lowest BCUT2D eigenvalue weighted by atomic mass is 10.0. The van der Waals surface area contributed by atoms with Crippen LogP contribution < -0.4 is 29.1 Å². The molecule has 29 heavy (non-hydrogen) atoms. The van der Waals surface area contributed by atoms with Crippen LogP contribution in [0.3, 0.4) is 0 Å². The molecule has 0 saturated heterocycles. The highest BCUT2D eigenvalue weighted by molar-refractivity contribution is 5.89. The Morgan fingerprint density at radius 1 is 0.759 bits per heavy atom. The van der Waals surface area contributed by atoms with E-state index < -0.39 is 0 Å². The van der Waals surface area contributed by atoms with E-state index in [9.17, 15) is 4.79 Å². The molecule has 0 unspecified atom stereocenters. The molecule has 7 nitrogen and oxygen atoms in total. The summed E-state index contributed by atoms with van der Waals surface area (Å²) in [5, 5.41) is 0.376. The fourth-order valence-corrected chi connectivity index (χ4v) is 3.37. The van der Waals surface area contributed by atoms with Crippen molar-refractivity contribution in [2.24, 2.45) is 0 Å². The van der Waals surface area contributed by atoms with E-state index in [0.29, 0.717) is 57.5 Å². The summed E-state index contributed by atoms with van der Waals surface area (Å²) in [4.78, 5) is 13.0. The van der Waals surface area contributed by atoms with Gasteiger partial charge in [-0.2, -0.15) is 0 Å². The highest BCUT2D eigenvalue weighted by atomic mass is 16.5. The van der Waals surface area contributed by atoms with Gasteiger partial charge in [0.2, 0.25) is 5.75 Å². The van der Waals surface area contributed by atoms with Gasteiger partial charge in [-0.25, -0.2) is 0 Å². The highest BCUT2D eigenvalue weighted by Crippen LogP contribution is 2.42. The van der Waals surface area contributed by atoms with Gasteiger partial charge >= 0.3 is 0 Å². The predicted octanol–water partition coefficient (Wildman–Crippen LogP) is 4.07. The standard InChI is InChI=1S/C22H24O7/c1-7-13-16(24-2)11-17(25-3)20-14(23)10-15(29-21(13)20)12-8-18(26-4)22(28-6)19(9-12)27-5/h8-11H,7H2,1-6H3. The van der Waals surface area contributed by atoms with E-state index in [-0.39, 0.29) is 5.43 Å². The SMILES string of the molecule is CCc1c(OC)cc(OC)c2c(=O)cc(-c3cc(OC)c(OC)c(OC)c3)oc12. The van der Waals surface area contributed by atoms with Gasteiger partial charge in [0.25, 0.3) is 0 Å². The Kier molecular flexibility index (Phi) is 5.87. The largest absolute Gasteiger partial charge is 0.496 e. The number of hydrogen-bond acceptors (Lipinski definition) is 7. The van der Waals surface area contributed by atoms with Crippen molar-refractivity contribution in [3.8, 4) is 40.1 Å². The number of fused-ring (bicyclic) bond motifs is 1. The van der Waals surface area contributed by atoms with Crippen LogP contribution in [0.25, 0.3) is 22.3 Å². The Hall–Kier alpha value is -3.35. The van der Waals surface area contributed by atoms with Gasteiger partial charge in [0.05, 0.1) is 35.5 Å². The number of aryl methyl sites for hydroxylation is 1. The van der Waals surface area contributed by atoms with Crippen LogP contribution in [0.2, 0.25) is 0 Å². The molecule has 154 valence electrons. The minimum atomic E-state index is -0.218. The van der Waals surface area contributed by atoms with Gasteiger partial charge in [-0.05, 0) is 18.6 Å². The molecule has 1 heterocycles. The second kappa shape index (κ2) is 8.34. The molecule has 0 aliphatic rings. The number of benzene rings is 2. The average molecular weight is 400 g/mol. The lowest BCUT2D eigenvalue weighted by molar-refractivity contribution is 0.324. The third-order valence-corrected chi connectivity index (χ3v) is 4.77. The molecule has 7 heteroatoms. The first-order valence-corrected chi connectivity index (χ1v) is 9.04. The first-order chi connectivity index (χ1) is 14.0. The minimum absolute atomic E-state index is 0.218. The van der Waals surface area contributed by atoms with Gasteiger partial charge in [-0.1, -0.05) is 6.92 Å². The molecule has 2 aromatic carbocycles.